The quantitative estimate of drug-likeness (QED) is 0.928. The van der Waals surface area contributed by atoms with Crippen LogP contribution in [0.25, 0.3) is 0 Å². The van der Waals surface area contributed by atoms with Crippen LogP contribution in [0.3, 0.4) is 0 Å². The molecule has 2 aromatic carbocycles. The van der Waals surface area contributed by atoms with E-state index in [2.05, 4.69) is 5.32 Å². The summed E-state index contributed by atoms with van der Waals surface area (Å²) in [5.74, 6) is -0.866. The Labute approximate surface area is 116 Å². The van der Waals surface area contributed by atoms with Gasteiger partial charge in [-0.25, -0.2) is 8.78 Å². The van der Waals surface area contributed by atoms with Crippen LogP contribution in [-0.4, -0.2) is 13.7 Å². The lowest BCUT2D eigenvalue weighted by atomic mass is 9.95. The summed E-state index contributed by atoms with van der Waals surface area (Å²) in [6, 6.07) is 9.60. The molecule has 2 nitrogen and oxygen atoms in total. The van der Waals surface area contributed by atoms with Gasteiger partial charge in [-0.2, -0.15) is 0 Å². The predicted molar refractivity (Wildman–Crippen MR) is 72.9 cm³/mol. The molecule has 1 atom stereocenters. The maximum absolute atomic E-state index is 14.0. The predicted octanol–water partition coefficient (Wildman–Crippen LogP) is 3.21. The number of ether oxygens (including phenoxy) is 1. The molecule has 1 aliphatic rings. The smallest absolute Gasteiger partial charge is 0.163 e. The fourth-order valence-electron chi connectivity index (χ4n) is 2.69. The Morgan fingerprint density at radius 3 is 2.65 bits per heavy atom. The van der Waals surface area contributed by atoms with Crippen LogP contribution in [0.1, 0.15) is 22.7 Å². The summed E-state index contributed by atoms with van der Waals surface area (Å²) in [5, 5.41) is 3.05. The van der Waals surface area contributed by atoms with Gasteiger partial charge in [0.25, 0.3) is 0 Å². The molecule has 0 saturated heterocycles. The molecule has 4 heteroatoms. The molecule has 0 saturated carbocycles. The second-order valence-electron chi connectivity index (χ2n) is 4.80. The molecule has 1 heterocycles. The lowest BCUT2D eigenvalue weighted by Gasteiger charge is -2.20. The number of hydrogen-bond donors (Lipinski definition) is 1. The van der Waals surface area contributed by atoms with Gasteiger partial charge in [0.15, 0.2) is 11.6 Å². The Bertz CT molecular complexity index is 642. The molecule has 0 fully saturated rings. The van der Waals surface area contributed by atoms with Crippen LogP contribution in [0.4, 0.5) is 8.78 Å². The third-order valence-electron chi connectivity index (χ3n) is 3.64. The number of benzene rings is 2. The van der Waals surface area contributed by atoms with Crippen molar-refractivity contribution in [2.75, 3.05) is 13.7 Å². The van der Waals surface area contributed by atoms with Gasteiger partial charge in [-0.1, -0.05) is 30.3 Å². The maximum atomic E-state index is 14.0. The first kappa shape index (κ1) is 13.1. The molecule has 0 spiro atoms. The molecule has 0 amide bonds. The van der Waals surface area contributed by atoms with Gasteiger partial charge in [0.2, 0.25) is 0 Å². The molecule has 0 aromatic heterocycles. The highest BCUT2D eigenvalue weighted by Crippen LogP contribution is 2.36. The third-order valence-corrected chi connectivity index (χ3v) is 3.64. The van der Waals surface area contributed by atoms with E-state index in [1.54, 1.807) is 13.1 Å². The lowest BCUT2D eigenvalue weighted by Crippen LogP contribution is -2.20. The molecular formula is C16H15F2NO. The SMILES string of the molecule is CNC(c1cccc(F)c1F)c1cccc2c1OCC2. The van der Waals surface area contributed by atoms with Crippen LogP contribution in [-0.2, 0) is 6.42 Å². The molecular weight excluding hydrogens is 260 g/mol. The van der Waals surface area contributed by atoms with Crippen molar-refractivity contribution in [3.8, 4) is 5.75 Å². The topological polar surface area (TPSA) is 21.3 Å². The van der Waals surface area contributed by atoms with E-state index in [1.165, 1.54) is 6.07 Å². The average Bonchev–Trinajstić information content (AvgIpc) is 2.93. The summed E-state index contributed by atoms with van der Waals surface area (Å²) in [5.41, 5.74) is 2.24. The molecule has 1 unspecified atom stereocenters. The van der Waals surface area contributed by atoms with Crippen molar-refractivity contribution in [3.05, 3.63) is 64.7 Å². The Balaban J connectivity index is 2.11. The Kier molecular flexibility index (Phi) is 3.40. The molecule has 0 radical (unpaired) electrons. The summed E-state index contributed by atoms with van der Waals surface area (Å²) >= 11 is 0. The summed E-state index contributed by atoms with van der Waals surface area (Å²) < 4.78 is 33.1. The maximum Gasteiger partial charge on any atom is 0.163 e. The van der Waals surface area contributed by atoms with Crippen molar-refractivity contribution in [2.45, 2.75) is 12.5 Å². The first-order valence-electron chi connectivity index (χ1n) is 6.58. The van der Waals surface area contributed by atoms with E-state index < -0.39 is 17.7 Å². The van der Waals surface area contributed by atoms with Gasteiger partial charge in [0.1, 0.15) is 5.75 Å². The normalized spacial score (nSPS) is 14.8. The molecule has 104 valence electrons. The molecule has 0 bridgehead atoms. The number of hydrogen-bond acceptors (Lipinski definition) is 2. The summed E-state index contributed by atoms with van der Waals surface area (Å²) in [6.07, 6.45) is 0.852. The Morgan fingerprint density at radius 1 is 1.10 bits per heavy atom. The highest BCUT2D eigenvalue weighted by Gasteiger charge is 2.25. The number of fused-ring (bicyclic) bond motifs is 1. The van der Waals surface area contributed by atoms with Crippen LogP contribution in [0.15, 0.2) is 36.4 Å². The number of nitrogens with one attached hydrogen (secondary N) is 1. The van der Waals surface area contributed by atoms with Crippen molar-refractivity contribution in [1.82, 2.24) is 5.32 Å². The van der Waals surface area contributed by atoms with Crippen molar-refractivity contribution in [1.29, 1.82) is 0 Å². The first-order valence-corrected chi connectivity index (χ1v) is 6.58. The van der Waals surface area contributed by atoms with Gasteiger partial charge < -0.3 is 10.1 Å². The first-order chi connectivity index (χ1) is 9.72. The van der Waals surface area contributed by atoms with E-state index in [-0.39, 0.29) is 5.56 Å². The zero-order valence-corrected chi connectivity index (χ0v) is 11.1. The summed E-state index contributed by atoms with van der Waals surface area (Å²) in [4.78, 5) is 0. The van der Waals surface area contributed by atoms with Gasteiger partial charge in [-0.3, -0.25) is 0 Å². The van der Waals surface area contributed by atoms with E-state index in [0.29, 0.717) is 6.61 Å². The Hall–Kier alpha value is -1.94. The van der Waals surface area contributed by atoms with E-state index >= 15 is 0 Å². The van der Waals surface area contributed by atoms with Gasteiger partial charge >= 0.3 is 0 Å². The highest BCUT2D eigenvalue weighted by atomic mass is 19.2. The average molecular weight is 275 g/mol. The standard InChI is InChI=1S/C16H15F2NO/c1-19-15(11-5-3-7-13(17)14(11)18)12-6-2-4-10-8-9-20-16(10)12/h2-7,15,19H,8-9H2,1H3. The van der Waals surface area contributed by atoms with Crippen LogP contribution in [0.5, 0.6) is 5.75 Å². The second-order valence-corrected chi connectivity index (χ2v) is 4.80. The third kappa shape index (κ3) is 2.06. The van der Waals surface area contributed by atoms with Gasteiger partial charge in [0.05, 0.1) is 12.6 Å². The van der Waals surface area contributed by atoms with E-state index in [4.69, 9.17) is 4.74 Å². The molecule has 20 heavy (non-hydrogen) atoms. The Morgan fingerprint density at radius 2 is 1.85 bits per heavy atom. The molecule has 2 aromatic rings. The second kappa shape index (κ2) is 5.21. The summed E-state index contributed by atoms with van der Waals surface area (Å²) in [6.45, 7) is 0.633. The largest absolute Gasteiger partial charge is 0.493 e. The van der Waals surface area contributed by atoms with E-state index in [0.717, 1.165) is 29.4 Å². The lowest BCUT2D eigenvalue weighted by molar-refractivity contribution is 0.350. The minimum absolute atomic E-state index is 0.288. The molecule has 1 aliphatic heterocycles. The fourth-order valence-corrected chi connectivity index (χ4v) is 2.69. The zero-order valence-electron chi connectivity index (χ0n) is 11.1. The molecule has 1 N–H and O–H groups in total. The van der Waals surface area contributed by atoms with Crippen LogP contribution >= 0.6 is 0 Å². The molecule has 0 aliphatic carbocycles. The number of para-hydroxylation sites is 1. The zero-order chi connectivity index (χ0) is 14.1. The highest BCUT2D eigenvalue weighted by molar-refractivity contribution is 5.48. The van der Waals surface area contributed by atoms with Crippen LogP contribution in [0.2, 0.25) is 0 Å². The van der Waals surface area contributed by atoms with Crippen molar-refractivity contribution in [2.24, 2.45) is 0 Å². The number of halogens is 2. The summed E-state index contributed by atoms with van der Waals surface area (Å²) in [7, 11) is 1.73. The van der Waals surface area contributed by atoms with Gasteiger partial charge in [0, 0.05) is 17.5 Å². The minimum Gasteiger partial charge on any atom is -0.493 e. The fraction of sp³-hybridized carbons (Fsp3) is 0.250. The minimum atomic E-state index is -0.837. The molecule has 3 rings (SSSR count). The van der Waals surface area contributed by atoms with Crippen molar-refractivity contribution in [3.63, 3.8) is 0 Å². The van der Waals surface area contributed by atoms with E-state index in [1.807, 2.05) is 18.2 Å². The van der Waals surface area contributed by atoms with Crippen LogP contribution in [0, 0.1) is 11.6 Å². The van der Waals surface area contributed by atoms with E-state index in [9.17, 15) is 8.78 Å². The van der Waals surface area contributed by atoms with Crippen molar-refractivity contribution < 1.29 is 13.5 Å². The van der Waals surface area contributed by atoms with Crippen molar-refractivity contribution >= 4 is 0 Å². The van der Waals surface area contributed by atoms with Crippen LogP contribution < -0.4 is 10.1 Å². The number of rotatable bonds is 3. The van der Waals surface area contributed by atoms with Gasteiger partial charge in [-0.05, 0) is 18.7 Å². The van der Waals surface area contributed by atoms with Gasteiger partial charge in [-0.15, -0.1) is 0 Å². The monoisotopic (exact) mass is 275 g/mol.